The summed E-state index contributed by atoms with van der Waals surface area (Å²) >= 11 is 2.36. The van der Waals surface area contributed by atoms with Crippen LogP contribution < -0.4 is 0 Å². The first-order valence-corrected chi connectivity index (χ1v) is 8.24. The molecular formula is C16H19IO3. The maximum atomic E-state index is 12.3. The van der Waals surface area contributed by atoms with Gasteiger partial charge in [0.25, 0.3) is 0 Å². The van der Waals surface area contributed by atoms with E-state index in [4.69, 9.17) is 9.47 Å². The van der Waals surface area contributed by atoms with Crippen LogP contribution in [-0.2, 0) is 20.9 Å². The summed E-state index contributed by atoms with van der Waals surface area (Å²) in [6, 6.07) is 10.1. The second kappa shape index (κ2) is 4.98. The number of hydrogen-bond acceptors (Lipinski definition) is 3. The highest BCUT2D eigenvalue weighted by Gasteiger charge is 2.66. The molecule has 0 N–H and O–H groups in total. The van der Waals surface area contributed by atoms with Crippen molar-refractivity contribution in [3.8, 4) is 0 Å². The minimum absolute atomic E-state index is 0.0623. The maximum absolute atomic E-state index is 12.3. The highest BCUT2D eigenvalue weighted by molar-refractivity contribution is 14.1. The zero-order chi connectivity index (χ0) is 14.4. The molecule has 1 aromatic rings. The molecule has 3 nitrogen and oxygen atoms in total. The lowest BCUT2D eigenvalue weighted by molar-refractivity contribution is -0.155. The lowest BCUT2D eigenvalue weighted by Crippen LogP contribution is -2.51. The summed E-state index contributed by atoms with van der Waals surface area (Å²) in [7, 11) is 0. The number of rotatable bonds is 3. The topological polar surface area (TPSA) is 35.5 Å². The zero-order valence-corrected chi connectivity index (χ0v) is 13.9. The van der Waals surface area contributed by atoms with Crippen molar-refractivity contribution in [1.82, 2.24) is 0 Å². The van der Waals surface area contributed by atoms with E-state index in [-0.39, 0.29) is 21.6 Å². The van der Waals surface area contributed by atoms with Gasteiger partial charge in [0, 0.05) is 0 Å². The Morgan fingerprint density at radius 3 is 2.75 bits per heavy atom. The van der Waals surface area contributed by atoms with E-state index >= 15 is 0 Å². The largest absolute Gasteiger partial charge is 0.458 e. The van der Waals surface area contributed by atoms with Gasteiger partial charge in [0.15, 0.2) is 0 Å². The van der Waals surface area contributed by atoms with E-state index in [1.165, 1.54) is 0 Å². The molecule has 2 bridgehead atoms. The normalized spacial score (nSPS) is 39.6. The van der Waals surface area contributed by atoms with E-state index in [1.54, 1.807) is 0 Å². The minimum Gasteiger partial charge on any atom is -0.458 e. The maximum Gasteiger partial charge on any atom is 0.316 e. The molecule has 20 heavy (non-hydrogen) atoms. The molecule has 3 rings (SSSR count). The molecule has 0 amide bonds. The summed E-state index contributed by atoms with van der Waals surface area (Å²) in [5.41, 5.74) is 0.294. The highest BCUT2D eigenvalue weighted by atomic mass is 127. The number of carbonyl (C=O) groups excluding carboxylic acids is 1. The van der Waals surface area contributed by atoms with Crippen LogP contribution >= 0.6 is 22.6 Å². The van der Waals surface area contributed by atoms with Gasteiger partial charge in [0.2, 0.25) is 0 Å². The van der Waals surface area contributed by atoms with Crippen molar-refractivity contribution in [3.63, 3.8) is 0 Å². The van der Waals surface area contributed by atoms with Crippen LogP contribution in [0.5, 0.6) is 0 Å². The molecule has 2 aliphatic rings. The molecule has 1 heterocycles. The van der Waals surface area contributed by atoms with Gasteiger partial charge in [-0.05, 0) is 32.3 Å². The summed E-state index contributed by atoms with van der Waals surface area (Å²) in [6.45, 7) is 4.58. The standard InChI is InChI=1S/C16H19IO3/c1-15-9-8-12(16(2,13(15)17)14(18)20-15)19-10-11-6-4-3-5-7-11/h3-7,12-13H,8-10H2,1-2H3/t12-,13+,15-,16+/m0/s1. The average molecular weight is 386 g/mol. The molecule has 0 unspecified atom stereocenters. The highest BCUT2D eigenvalue weighted by Crippen LogP contribution is 2.55. The molecule has 1 saturated heterocycles. The third-order valence-corrected chi connectivity index (χ3v) is 7.31. The number of fused-ring (bicyclic) bond motifs is 2. The van der Waals surface area contributed by atoms with Crippen molar-refractivity contribution in [1.29, 1.82) is 0 Å². The quantitative estimate of drug-likeness (QED) is 0.453. The lowest BCUT2D eigenvalue weighted by atomic mass is 9.70. The monoisotopic (exact) mass is 386 g/mol. The number of ether oxygens (including phenoxy) is 2. The van der Waals surface area contributed by atoms with Crippen LogP contribution in [0.25, 0.3) is 0 Å². The molecule has 1 saturated carbocycles. The Labute approximate surface area is 133 Å². The van der Waals surface area contributed by atoms with E-state index < -0.39 is 5.41 Å². The van der Waals surface area contributed by atoms with Gasteiger partial charge >= 0.3 is 5.97 Å². The molecule has 4 atom stereocenters. The predicted molar refractivity (Wildman–Crippen MR) is 84.7 cm³/mol. The number of carbonyl (C=O) groups is 1. The lowest BCUT2D eigenvalue weighted by Gasteiger charge is -2.41. The summed E-state index contributed by atoms with van der Waals surface area (Å²) < 4.78 is 11.9. The molecule has 1 aliphatic carbocycles. The van der Waals surface area contributed by atoms with Crippen LogP contribution in [0.3, 0.4) is 0 Å². The van der Waals surface area contributed by atoms with Crippen molar-refractivity contribution in [3.05, 3.63) is 35.9 Å². The van der Waals surface area contributed by atoms with Gasteiger partial charge in [0.1, 0.15) is 11.0 Å². The van der Waals surface area contributed by atoms with Gasteiger partial charge in [-0.25, -0.2) is 0 Å². The Morgan fingerprint density at radius 1 is 1.35 bits per heavy atom. The fraction of sp³-hybridized carbons (Fsp3) is 0.562. The first-order chi connectivity index (χ1) is 9.47. The molecule has 1 aromatic carbocycles. The minimum atomic E-state index is -0.525. The number of esters is 1. The van der Waals surface area contributed by atoms with Crippen LogP contribution in [0.4, 0.5) is 0 Å². The van der Waals surface area contributed by atoms with Crippen molar-refractivity contribution in [2.45, 2.75) is 48.9 Å². The van der Waals surface area contributed by atoms with Crippen molar-refractivity contribution < 1.29 is 14.3 Å². The van der Waals surface area contributed by atoms with Gasteiger partial charge in [-0.1, -0.05) is 52.9 Å². The zero-order valence-electron chi connectivity index (χ0n) is 11.8. The molecule has 0 aromatic heterocycles. The summed E-state index contributed by atoms with van der Waals surface area (Å²) in [5, 5.41) is 0. The SMILES string of the molecule is C[C@@]12C(=O)O[C@@](C)(CC[C@@H]1OCc1ccccc1)[C@H]2I. The third-order valence-electron chi connectivity index (χ3n) is 4.69. The first-order valence-electron chi connectivity index (χ1n) is 7.00. The number of benzene rings is 1. The van der Waals surface area contributed by atoms with E-state index in [0.29, 0.717) is 6.61 Å². The fourth-order valence-corrected chi connectivity index (χ4v) is 4.42. The molecule has 2 fully saturated rings. The average Bonchev–Trinajstić information content (AvgIpc) is 2.56. The van der Waals surface area contributed by atoms with Gasteiger partial charge in [-0.15, -0.1) is 0 Å². The number of hydrogen-bond donors (Lipinski definition) is 0. The van der Waals surface area contributed by atoms with E-state index in [9.17, 15) is 4.79 Å². The van der Waals surface area contributed by atoms with E-state index in [0.717, 1.165) is 18.4 Å². The molecule has 1 aliphatic heterocycles. The molecule has 0 spiro atoms. The van der Waals surface area contributed by atoms with Crippen LogP contribution in [-0.4, -0.2) is 21.6 Å². The summed E-state index contributed by atoms with van der Waals surface area (Å²) in [5.74, 6) is -0.102. The van der Waals surface area contributed by atoms with Crippen molar-refractivity contribution in [2.24, 2.45) is 5.41 Å². The molecular weight excluding hydrogens is 367 g/mol. The van der Waals surface area contributed by atoms with E-state index in [2.05, 4.69) is 22.6 Å². The first kappa shape index (κ1) is 14.3. The smallest absolute Gasteiger partial charge is 0.316 e. The Morgan fingerprint density at radius 2 is 2.05 bits per heavy atom. The van der Waals surface area contributed by atoms with Gasteiger partial charge in [-0.2, -0.15) is 0 Å². The van der Waals surface area contributed by atoms with Gasteiger partial charge in [-0.3, -0.25) is 4.79 Å². The molecule has 108 valence electrons. The Kier molecular flexibility index (Phi) is 3.57. The van der Waals surface area contributed by atoms with Gasteiger partial charge < -0.3 is 9.47 Å². The summed E-state index contributed by atoms with van der Waals surface area (Å²) in [4.78, 5) is 12.3. The van der Waals surface area contributed by atoms with Crippen LogP contribution in [0.15, 0.2) is 30.3 Å². The van der Waals surface area contributed by atoms with Crippen LogP contribution in [0.2, 0.25) is 0 Å². The number of halogens is 1. The molecule has 0 radical (unpaired) electrons. The van der Waals surface area contributed by atoms with Crippen molar-refractivity contribution in [2.75, 3.05) is 0 Å². The number of alkyl halides is 1. The second-order valence-electron chi connectivity index (χ2n) is 6.17. The Hall–Kier alpha value is -0.620. The van der Waals surface area contributed by atoms with Crippen LogP contribution in [0.1, 0.15) is 32.3 Å². The van der Waals surface area contributed by atoms with E-state index in [1.807, 2.05) is 44.2 Å². The third kappa shape index (κ3) is 2.08. The van der Waals surface area contributed by atoms with Gasteiger partial charge in [0.05, 0.1) is 16.6 Å². The fourth-order valence-electron chi connectivity index (χ4n) is 3.33. The Bertz CT molecular complexity index is 518. The molecule has 4 heteroatoms. The Balaban J connectivity index is 1.76. The van der Waals surface area contributed by atoms with Crippen molar-refractivity contribution >= 4 is 28.6 Å². The van der Waals surface area contributed by atoms with Crippen LogP contribution in [0, 0.1) is 5.41 Å². The second-order valence-corrected chi connectivity index (χ2v) is 7.42. The summed E-state index contributed by atoms with van der Waals surface area (Å²) in [6.07, 6.45) is 1.69. The predicted octanol–water partition coefficient (Wildman–Crippen LogP) is 3.49.